The average molecular weight is 513 g/mol. The second kappa shape index (κ2) is 9.96. The first kappa shape index (κ1) is 24.9. The monoisotopic (exact) mass is 512 g/mol. The number of nitrogens with one attached hydrogen (secondary N) is 1. The van der Waals surface area contributed by atoms with Gasteiger partial charge in [0.05, 0.1) is 25.6 Å². The first-order valence-corrected chi connectivity index (χ1v) is 14.7. The highest BCUT2D eigenvalue weighted by atomic mass is 32.2. The van der Waals surface area contributed by atoms with Crippen LogP contribution in [0.3, 0.4) is 0 Å². The van der Waals surface area contributed by atoms with Crippen LogP contribution in [0, 0.1) is 17.8 Å². The third kappa shape index (κ3) is 5.33. The highest BCUT2D eigenvalue weighted by molar-refractivity contribution is 7.92. The van der Waals surface area contributed by atoms with Gasteiger partial charge >= 0.3 is 0 Å². The van der Waals surface area contributed by atoms with Gasteiger partial charge in [0.2, 0.25) is 15.9 Å². The molecule has 0 atom stereocenters. The van der Waals surface area contributed by atoms with Crippen molar-refractivity contribution in [2.75, 3.05) is 37.4 Å². The Kier molecular flexibility index (Phi) is 6.90. The summed E-state index contributed by atoms with van der Waals surface area (Å²) in [7, 11) is -2.04. The van der Waals surface area contributed by atoms with Crippen LogP contribution in [-0.2, 0) is 20.2 Å². The minimum absolute atomic E-state index is 0.253. The number of benzene rings is 2. The molecule has 0 aromatic heterocycles. The first-order chi connectivity index (χ1) is 17.2. The molecule has 1 amide bonds. The Morgan fingerprint density at radius 3 is 2.19 bits per heavy atom. The van der Waals surface area contributed by atoms with Gasteiger partial charge in [-0.3, -0.25) is 9.10 Å². The summed E-state index contributed by atoms with van der Waals surface area (Å²) in [6.07, 6.45) is 9.08. The van der Waals surface area contributed by atoms with Crippen LogP contribution in [0.1, 0.15) is 44.1 Å². The van der Waals surface area contributed by atoms with Gasteiger partial charge in [0.1, 0.15) is 24.7 Å². The van der Waals surface area contributed by atoms with Gasteiger partial charge in [-0.2, -0.15) is 0 Å². The summed E-state index contributed by atoms with van der Waals surface area (Å²) in [5.74, 6) is 3.50. The van der Waals surface area contributed by atoms with Crippen LogP contribution in [0.4, 0.5) is 5.69 Å². The number of amides is 1. The number of sulfonamides is 1. The lowest BCUT2D eigenvalue weighted by Gasteiger charge is -2.57. The van der Waals surface area contributed by atoms with Crippen LogP contribution >= 0.6 is 0 Å². The van der Waals surface area contributed by atoms with E-state index in [1.165, 1.54) is 48.4 Å². The summed E-state index contributed by atoms with van der Waals surface area (Å²) in [5, 5.41) is 2.75. The molecular formula is C28H36N2O5S. The molecule has 6 rings (SSSR count). The second-order valence-corrected chi connectivity index (χ2v) is 12.8. The largest absolute Gasteiger partial charge is 0.497 e. The molecule has 4 fully saturated rings. The molecule has 4 saturated carbocycles. The highest BCUT2D eigenvalue weighted by Crippen LogP contribution is 2.60. The van der Waals surface area contributed by atoms with Crippen molar-refractivity contribution in [3.8, 4) is 11.5 Å². The number of hydrogen-bond acceptors (Lipinski definition) is 5. The van der Waals surface area contributed by atoms with E-state index in [0.717, 1.165) is 24.0 Å². The van der Waals surface area contributed by atoms with E-state index in [0.29, 0.717) is 17.2 Å². The third-order valence-corrected chi connectivity index (χ3v) is 9.37. The SMILES string of the molecule is COc1cccc(OCCNC(=O)CN(c2ccc(C34CC5CC(CC(C5)C3)C4)cc2)S(C)(=O)=O)c1. The Morgan fingerprint density at radius 1 is 1.00 bits per heavy atom. The van der Waals surface area contributed by atoms with Gasteiger partial charge in [-0.05, 0) is 91.5 Å². The molecular weight excluding hydrogens is 476 g/mol. The fourth-order valence-electron chi connectivity index (χ4n) is 7.08. The van der Waals surface area contributed by atoms with Crippen LogP contribution in [0.5, 0.6) is 11.5 Å². The van der Waals surface area contributed by atoms with Crippen molar-refractivity contribution in [1.82, 2.24) is 5.32 Å². The normalized spacial score (nSPS) is 26.4. The quantitative estimate of drug-likeness (QED) is 0.484. The van der Waals surface area contributed by atoms with Crippen molar-refractivity contribution in [3.05, 3.63) is 54.1 Å². The van der Waals surface area contributed by atoms with Gasteiger partial charge in [-0.1, -0.05) is 18.2 Å². The number of nitrogens with zero attached hydrogens (tertiary/aromatic N) is 1. The maximum Gasteiger partial charge on any atom is 0.240 e. The zero-order chi connectivity index (χ0) is 25.3. The van der Waals surface area contributed by atoms with Crippen LogP contribution in [0.15, 0.2) is 48.5 Å². The molecule has 194 valence electrons. The van der Waals surface area contributed by atoms with Gasteiger partial charge in [0, 0.05) is 6.07 Å². The fraction of sp³-hybridized carbons (Fsp3) is 0.536. The van der Waals surface area contributed by atoms with Crippen molar-refractivity contribution in [2.24, 2.45) is 17.8 Å². The fourth-order valence-corrected chi connectivity index (χ4v) is 7.94. The number of anilines is 1. The Morgan fingerprint density at radius 2 is 1.61 bits per heavy atom. The number of carbonyl (C=O) groups is 1. The highest BCUT2D eigenvalue weighted by Gasteiger charge is 2.51. The Hall–Kier alpha value is -2.74. The van der Waals surface area contributed by atoms with Gasteiger partial charge in [0.15, 0.2) is 0 Å². The average Bonchev–Trinajstić information content (AvgIpc) is 2.84. The van der Waals surface area contributed by atoms with Crippen LogP contribution in [0.25, 0.3) is 0 Å². The van der Waals surface area contributed by atoms with Crippen molar-refractivity contribution >= 4 is 21.6 Å². The summed E-state index contributed by atoms with van der Waals surface area (Å²) in [5.41, 5.74) is 2.11. The van der Waals surface area contributed by atoms with Crippen LogP contribution in [-0.4, -0.2) is 47.4 Å². The van der Waals surface area contributed by atoms with Crippen molar-refractivity contribution in [2.45, 2.75) is 43.9 Å². The number of rotatable bonds is 10. The van der Waals surface area contributed by atoms with Gasteiger partial charge in [-0.25, -0.2) is 8.42 Å². The maximum atomic E-state index is 12.6. The van der Waals surface area contributed by atoms with Crippen LogP contribution in [0.2, 0.25) is 0 Å². The Balaban J connectivity index is 1.19. The summed E-state index contributed by atoms with van der Waals surface area (Å²) < 4.78 is 37.1. The molecule has 0 aliphatic heterocycles. The molecule has 36 heavy (non-hydrogen) atoms. The predicted octanol–water partition coefficient (Wildman–Crippen LogP) is 4.12. The molecule has 0 radical (unpaired) electrons. The zero-order valence-electron chi connectivity index (χ0n) is 21.1. The lowest BCUT2D eigenvalue weighted by molar-refractivity contribution is -0.119. The maximum absolute atomic E-state index is 12.6. The van der Waals surface area contributed by atoms with Crippen LogP contribution < -0.4 is 19.1 Å². The Bertz CT molecular complexity index is 1160. The smallest absolute Gasteiger partial charge is 0.240 e. The molecule has 0 heterocycles. The summed E-state index contributed by atoms with van der Waals surface area (Å²) >= 11 is 0. The van der Waals surface area contributed by atoms with Crippen molar-refractivity contribution in [1.29, 1.82) is 0 Å². The van der Waals surface area contributed by atoms with E-state index in [1.807, 2.05) is 30.3 Å². The van der Waals surface area contributed by atoms with E-state index in [4.69, 9.17) is 9.47 Å². The van der Waals surface area contributed by atoms with E-state index in [-0.39, 0.29) is 31.0 Å². The van der Waals surface area contributed by atoms with E-state index in [9.17, 15) is 13.2 Å². The molecule has 7 nitrogen and oxygen atoms in total. The molecule has 0 unspecified atom stereocenters. The van der Waals surface area contributed by atoms with E-state index < -0.39 is 10.0 Å². The van der Waals surface area contributed by atoms with Gasteiger partial charge in [-0.15, -0.1) is 0 Å². The molecule has 1 N–H and O–H groups in total. The molecule has 4 aliphatic carbocycles. The molecule has 0 saturated heterocycles. The zero-order valence-corrected chi connectivity index (χ0v) is 21.9. The first-order valence-electron chi connectivity index (χ1n) is 12.9. The standard InChI is InChI=1S/C28H36N2O5S/c1-34-25-4-3-5-26(15-25)35-11-10-29-27(31)19-30(36(2,32)33)24-8-6-23(7-9-24)28-16-20-12-21(17-28)14-22(13-20)18-28/h3-9,15,20-22H,10-14,16-19H2,1-2H3,(H,29,31). The lowest BCUT2D eigenvalue weighted by Crippen LogP contribution is -2.48. The minimum atomic E-state index is -3.62. The number of ether oxygens (including phenoxy) is 2. The molecule has 4 bridgehead atoms. The number of carbonyl (C=O) groups excluding carboxylic acids is 1. The summed E-state index contributed by atoms with van der Waals surface area (Å²) in [6, 6.07) is 15.2. The van der Waals surface area contributed by atoms with Crippen molar-refractivity contribution < 1.29 is 22.7 Å². The Labute approximate surface area is 214 Å². The summed E-state index contributed by atoms with van der Waals surface area (Å²) in [4.78, 5) is 12.6. The molecule has 2 aromatic carbocycles. The van der Waals surface area contributed by atoms with E-state index in [2.05, 4.69) is 17.4 Å². The molecule has 8 heteroatoms. The number of hydrogen-bond donors (Lipinski definition) is 1. The van der Waals surface area contributed by atoms with E-state index >= 15 is 0 Å². The lowest BCUT2D eigenvalue weighted by atomic mass is 9.48. The van der Waals surface area contributed by atoms with E-state index in [1.54, 1.807) is 13.2 Å². The molecule has 2 aromatic rings. The number of methoxy groups -OCH3 is 1. The van der Waals surface area contributed by atoms with Gasteiger partial charge < -0.3 is 14.8 Å². The predicted molar refractivity (Wildman–Crippen MR) is 140 cm³/mol. The van der Waals surface area contributed by atoms with Crippen molar-refractivity contribution in [3.63, 3.8) is 0 Å². The topological polar surface area (TPSA) is 84.9 Å². The third-order valence-electron chi connectivity index (χ3n) is 8.23. The molecule has 4 aliphatic rings. The molecule has 0 spiro atoms. The summed E-state index contributed by atoms with van der Waals surface area (Å²) in [6.45, 7) is 0.255. The minimum Gasteiger partial charge on any atom is -0.497 e. The van der Waals surface area contributed by atoms with Gasteiger partial charge in [0.25, 0.3) is 0 Å². The second-order valence-electron chi connectivity index (χ2n) is 10.9.